The number of rotatable bonds is 25. The molecule has 22 N–H and O–H groups in total. The predicted octanol–water partition coefficient (Wildman–Crippen LogP) is -1.92. The maximum Gasteiger partial charge on any atom is 0.246 e. The average Bonchev–Trinajstić information content (AvgIpc) is 1.65. The third-order valence-corrected chi connectivity index (χ3v) is 26.1. The molecule has 43 heteroatoms. The van der Waals surface area contributed by atoms with Crippen LogP contribution in [0.4, 0.5) is 0 Å². The molecule has 0 radical (unpaired) electrons. The highest BCUT2D eigenvalue weighted by Crippen LogP contribution is 2.33. The SMILES string of the molecule is CCCC[C@H]1C(=O)N(C)[C@@H](CCCC)C(=O)N[C@@H](CCCN)C(=O)N[C@H](C(=O)NCC(N)=O)CSCC(=O)N[C@@H](Cc2ccc(O)cc2)C(=O)N2CCC[C@]2(C)C(=O)N[C@@H](CC(N)=O)C(=O)N2CCCC2C(=O)N[C@@H](Cc2cnc[nH]2)C(=O)N[C@@H](CC(C)C)C(=O)N2C[C@H](O)C[C@H]2C(=O)N[C@@H](Cc2c[nH]c3ccccc23)C(=O)N[C@@H](CO)C(=O)N[C@@H](Cc2c[nH]c3ccccc23)C(=O)N1C. The number of nitrogens with zero attached hydrogens (tertiary/aromatic N) is 6. The van der Waals surface area contributed by atoms with Gasteiger partial charge in [0.1, 0.15) is 89.8 Å². The number of aromatic amines is 3. The molecule has 0 spiro atoms. The van der Waals surface area contributed by atoms with Crippen LogP contribution >= 0.6 is 11.8 Å². The van der Waals surface area contributed by atoms with Crippen LogP contribution in [0.15, 0.2) is 97.7 Å². The zero-order valence-corrected chi connectivity index (χ0v) is 77.9. The zero-order chi connectivity index (χ0) is 98.1. The maximum absolute atomic E-state index is 15.7. The molecule has 0 bridgehead atoms. The van der Waals surface area contributed by atoms with E-state index in [0.29, 0.717) is 69.9 Å². The Morgan fingerprint density at radius 3 is 1.74 bits per heavy atom. The number of carbonyl (C=O) groups is 17. The van der Waals surface area contributed by atoms with Crippen LogP contribution in [0.2, 0.25) is 0 Å². The largest absolute Gasteiger partial charge is 0.508 e. The summed E-state index contributed by atoms with van der Waals surface area (Å²) in [6.07, 6.45) is 4.31. The first-order chi connectivity index (χ1) is 64.4. The molecule has 1 unspecified atom stereocenters. The van der Waals surface area contributed by atoms with Crippen molar-refractivity contribution in [2.45, 2.75) is 247 Å². The predicted molar refractivity (Wildman–Crippen MR) is 496 cm³/mol. The molecule has 135 heavy (non-hydrogen) atoms. The molecular formula is C92H128N22O20S. The van der Waals surface area contributed by atoms with Crippen molar-refractivity contribution in [3.05, 3.63) is 120 Å². The van der Waals surface area contributed by atoms with Crippen LogP contribution in [0.25, 0.3) is 21.8 Å². The number of para-hydroxylation sites is 2. The Morgan fingerprint density at radius 1 is 0.570 bits per heavy atom. The van der Waals surface area contributed by atoms with Gasteiger partial charge in [-0.25, -0.2) is 4.98 Å². The first-order valence-electron chi connectivity index (χ1n) is 45.9. The molecule has 4 aliphatic heterocycles. The number of H-pyrrole nitrogens is 3. The van der Waals surface area contributed by atoms with Crippen LogP contribution in [0.5, 0.6) is 5.75 Å². The maximum atomic E-state index is 15.7. The lowest BCUT2D eigenvalue weighted by atomic mass is 9.95. The highest BCUT2D eigenvalue weighted by Gasteiger charge is 2.51. The number of aliphatic hydroxyl groups is 2. The van der Waals surface area contributed by atoms with Crippen molar-refractivity contribution < 1.29 is 96.8 Å². The quantitative estimate of drug-likeness (QED) is 0.0297. The Labute approximate surface area is 785 Å². The summed E-state index contributed by atoms with van der Waals surface area (Å²) in [6.45, 7) is 6.20. The number of phenols is 1. The number of nitrogens with two attached hydrogens (primary N) is 3. The summed E-state index contributed by atoms with van der Waals surface area (Å²) in [7, 11) is 2.72. The van der Waals surface area contributed by atoms with E-state index in [-0.39, 0.29) is 121 Å². The molecular weight excluding hydrogens is 1770 g/mol. The minimum Gasteiger partial charge on any atom is -0.508 e. The number of phenolic OH excluding ortho intramolecular Hbond substituents is 1. The van der Waals surface area contributed by atoms with Crippen LogP contribution in [0.3, 0.4) is 0 Å². The van der Waals surface area contributed by atoms with Gasteiger partial charge in [-0.3, -0.25) is 81.5 Å². The van der Waals surface area contributed by atoms with Gasteiger partial charge in [0.25, 0.3) is 0 Å². The number of likely N-dealkylation sites (N-methyl/N-ethyl adjacent to an activating group) is 2. The summed E-state index contributed by atoms with van der Waals surface area (Å²) in [5.41, 5.74) is 18.5. The minimum atomic E-state index is -1.88. The molecule has 4 fully saturated rings. The fourth-order valence-corrected chi connectivity index (χ4v) is 18.6. The third kappa shape index (κ3) is 27.4. The summed E-state index contributed by atoms with van der Waals surface area (Å²) in [5.74, 6) is -17.0. The van der Waals surface area contributed by atoms with Crippen molar-refractivity contribution >= 4 is 134 Å². The number of benzene rings is 3. The van der Waals surface area contributed by atoms with E-state index in [2.05, 4.69) is 73.1 Å². The summed E-state index contributed by atoms with van der Waals surface area (Å²) < 4.78 is 0. The van der Waals surface area contributed by atoms with E-state index in [0.717, 1.165) is 26.5 Å². The van der Waals surface area contributed by atoms with Gasteiger partial charge >= 0.3 is 0 Å². The number of aromatic nitrogens is 4. The van der Waals surface area contributed by atoms with E-state index in [1.165, 1.54) is 67.6 Å². The molecule has 732 valence electrons. The number of aliphatic hydroxyl groups excluding tert-OH is 2. The highest BCUT2D eigenvalue weighted by molar-refractivity contribution is 8.00. The molecule has 15 atom stereocenters. The van der Waals surface area contributed by atoms with Gasteiger partial charge in [-0.05, 0) is 118 Å². The number of aromatic hydroxyl groups is 1. The van der Waals surface area contributed by atoms with Gasteiger partial charge in [0.2, 0.25) is 100 Å². The zero-order valence-electron chi connectivity index (χ0n) is 77.1. The lowest BCUT2D eigenvalue weighted by Crippen LogP contribution is -2.63. The topological polar surface area (TPSA) is 626 Å². The molecule has 0 aliphatic carbocycles. The molecule has 4 saturated heterocycles. The summed E-state index contributed by atoms with van der Waals surface area (Å²) >= 11 is 0.798. The number of hydrogen-bond donors (Lipinski definition) is 19. The number of unbranched alkanes of at least 4 members (excludes halogenated alkanes) is 2. The van der Waals surface area contributed by atoms with Crippen LogP contribution < -0.4 is 70.4 Å². The van der Waals surface area contributed by atoms with Crippen LogP contribution in [0.1, 0.15) is 153 Å². The lowest BCUT2D eigenvalue weighted by molar-refractivity contribution is -0.149. The Morgan fingerprint density at radius 2 is 1.13 bits per heavy atom. The molecule has 3 aromatic heterocycles. The van der Waals surface area contributed by atoms with Gasteiger partial charge in [0.05, 0.1) is 37.8 Å². The van der Waals surface area contributed by atoms with Crippen molar-refractivity contribution in [2.24, 2.45) is 23.1 Å². The minimum absolute atomic E-state index is 0.00511. The average molecular weight is 1890 g/mol. The van der Waals surface area contributed by atoms with Gasteiger partial charge in [-0.15, -0.1) is 11.8 Å². The normalized spacial score (nSPS) is 25.8. The van der Waals surface area contributed by atoms with Crippen molar-refractivity contribution in [3.63, 3.8) is 0 Å². The van der Waals surface area contributed by atoms with E-state index < -0.39 is 228 Å². The van der Waals surface area contributed by atoms with E-state index in [4.69, 9.17) is 17.2 Å². The first kappa shape index (κ1) is 104. The smallest absolute Gasteiger partial charge is 0.246 e. The molecule has 0 saturated carbocycles. The van der Waals surface area contributed by atoms with Gasteiger partial charge in [0, 0.05) is 118 Å². The first-order valence-corrected chi connectivity index (χ1v) is 47.1. The second kappa shape index (κ2) is 48.8. The molecule has 7 heterocycles. The van der Waals surface area contributed by atoms with Gasteiger partial charge < -0.3 is 125 Å². The summed E-state index contributed by atoms with van der Waals surface area (Å²) in [4.78, 5) is 271. The number of fused-ring (bicyclic) bond motifs is 5. The van der Waals surface area contributed by atoms with E-state index in [1.807, 2.05) is 13.8 Å². The Kier molecular flexibility index (Phi) is 37.6. The number of carbonyl (C=O) groups excluding carboxylic acids is 17. The molecule has 4 aliphatic rings. The number of amides is 17. The van der Waals surface area contributed by atoms with Crippen LogP contribution in [-0.4, -0.2) is 315 Å². The Bertz CT molecular complexity index is 5230. The monoisotopic (exact) mass is 1890 g/mol. The fourth-order valence-electron chi connectivity index (χ4n) is 17.7. The Balaban J connectivity index is 1.02. The lowest BCUT2D eigenvalue weighted by Gasteiger charge is -2.37. The molecule has 17 amide bonds. The van der Waals surface area contributed by atoms with Gasteiger partial charge in [0.15, 0.2) is 0 Å². The van der Waals surface area contributed by atoms with Gasteiger partial charge in [-0.1, -0.05) is 102 Å². The fraction of sp³-hybridized carbons (Fsp3) is 0.543. The number of hydrogen-bond acceptors (Lipinski definition) is 23. The van der Waals surface area contributed by atoms with Crippen molar-refractivity contribution in [1.82, 2.24) is 97.6 Å². The number of thioether (sulfide) groups is 1. The van der Waals surface area contributed by atoms with E-state index in [1.54, 1.807) is 74.8 Å². The molecule has 42 nitrogen and oxygen atoms in total. The van der Waals surface area contributed by atoms with E-state index >= 15 is 52.7 Å². The summed E-state index contributed by atoms with van der Waals surface area (Å²) in [6, 6.07) is -0.243. The summed E-state index contributed by atoms with van der Waals surface area (Å²) in [5, 5.41) is 61.1. The van der Waals surface area contributed by atoms with Crippen molar-refractivity contribution in [3.8, 4) is 5.75 Å². The van der Waals surface area contributed by atoms with Crippen LogP contribution in [0, 0.1) is 5.92 Å². The number of imidazole rings is 1. The number of primary amides is 2. The standard InChI is InChI=1S/C92H128N22O20S/c1-8-10-24-71-83(126)102-62(23-16-32-93)79(122)108-70(78(121)99-45-76(95)119)48-135-49-77(120)101-66(36-52-27-29-56(116)30-28-52)89(132)114-34-18-31-92(114,5)91(134)109-68(41-75(94)118)87(130)112-33-17-26-72(112)84(127)104-64(39-55-44-96-50-100-55)81(124)105-65(35-51(3)4)88(131)113-46-57(117)40-74(113)85(128)103-63(37-53-42-97-60-21-14-12-19-58(53)60)80(123)107-69(47-115)82(125)106-67(38-54-43-98-61-22-15-13-20-59(54)61)86(129)111(7)73(25-11-9-2)90(133)110(71)6/h12-15,19-22,27-30,42-44,50-51,57,62-74,97-98,115-117H,8-11,16-18,23-26,31-41,45-49,93H2,1-7H3,(H2,94,118)(H2,95,119)(H,96,100)(H,99,121)(H,101,120)(H,102,126)(H,103,128)(H,104,127)(H,105,124)(H,106,125)(H,107,123)(H,108,122)(H,109,134)/t57-,62+,63+,64+,65+,66+,67+,68+,69+,70+,71+,72?,73+,74+,92-/m1/s1. The molecule has 10 rings (SSSR count). The molecule has 3 aromatic carbocycles. The van der Waals surface area contributed by atoms with Crippen molar-refractivity contribution in [1.29, 1.82) is 0 Å². The second-order valence-electron chi connectivity index (χ2n) is 35.6. The molecule has 6 aromatic rings. The van der Waals surface area contributed by atoms with Gasteiger partial charge in [-0.2, -0.15) is 0 Å². The van der Waals surface area contributed by atoms with E-state index in [9.17, 15) is 44.1 Å². The Hall–Kier alpha value is -13.0. The number of nitrogens with one attached hydrogen (secondary N) is 13. The second-order valence-corrected chi connectivity index (χ2v) is 36.7. The van der Waals surface area contributed by atoms with Crippen LogP contribution in [-0.2, 0) is 107 Å². The third-order valence-electron chi connectivity index (χ3n) is 25.1. The van der Waals surface area contributed by atoms with Crippen molar-refractivity contribution in [2.75, 3.05) is 64.9 Å². The highest BCUT2D eigenvalue weighted by atomic mass is 32.2.